The molecule has 1 aliphatic heterocycles. The van der Waals surface area contributed by atoms with Crippen molar-refractivity contribution in [2.24, 2.45) is 0 Å². The Kier molecular flexibility index (Phi) is 4.28. The van der Waals surface area contributed by atoms with E-state index in [1.807, 2.05) is 13.0 Å². The smallest absolute Gasteiger partial charge is 0.230 e. The Balaban J connectivity index is 1.62. The van der Waals surface area contributed by atoms with Crippen molar-refractivity contribution in [2.75, 3.05) is 29.9 Å². The van der Waals surface area contributed by atoms with Crippen LogP contribution in [0.1, 0.15) is 24.2 Å². The highest BCUT2D eigenvalue weighted by atomic mass is 15.3. The van der Waals surface area contributed by atoms with Crippen LogP contribution in [0.4, 0.5) is 11.9 Å². The third-order valence-corrected chi connectivity index (χ3v) is 3.66. The molecule has 5 nitrogen and oxygen atoms in total. The summed E-state index contributed by atoms with van der Waals surface area (Å²) in [4.78, 5) is 15.6. The predicted octanol–water partition coefficient (Wildman–Crippen LogP) is 2.43. The molecular formula is C16H21N5. The monoisotopic (exact) mass is 283 g/mol. The summed E-state index contributed by atoms with van der Waals surface area (Å²) in [5.74, 6) is 2.26. The van der Waals surface area contributed by atoms with Gasteiger partial charge in [-0.05, 0) is 31.7 Å². The average molecular weight is 283 g/mol. The van der Waals surface area contributed by atoms with Crippen LogP contribution in [0.5, 0.6) is 0 Å². The van der Waals surface area contributed by atoms with Crippen LogP contribution in [-0.4, -0.2) is 34.6 Å². The molecule has 5 heteroatoms. The van der Waals surface area contributed by atoms with Crippen molar-refractivity contribution in [3.05, 3.63) is 41.7 Å². The van der Waals surface area contributed by atoms with Crippen LogP contribution in [0.3, 0.4) is 0 Å². The summed E-state index contributed by atoms with van der Waals surface area (Å²) in [5.41, 5.74) is 1.32. The molecule has 2 heterocycles. The summed E-state index contributed by atoms with van der Waals surface area (Å²) in [6, 6.07) is 10.4. The summed E-state index contributed by atoms with van der Waals surface area (Å²) < 4.78 is 0. The Morgan fingerprint density at radius 2 is 1.81 bits per heavy atom. The fourth-order valence-corrected chi connectivity index (χ4v) is 2.57. The lowest BCUT2D eigenvalue weighted by Crippen LogP contribution is -2.22. The van der Waals surface area contributed by atoms with E-state index in [1.54, 1.807) is 0 Å². The summed E-state index contributed by atoms with van der Waals surface area (Å²) >= 11 is 0. The van der Waals surface area contributed by atoms with E-state index in [9.17, 15) is 0 Å². The van der Waals surface area contributed by atoms with Gasteiger partial charge < -0.3 is 10.2 Å². The first-order chi connectivity index (χ1) is 10.3. The largest absolute Gasteiger partial charge is 0.354 e. The molecule has 1 aromatic carbocycles. The van der Waals surface area contributed by atoms with Crippen molar-refractivity contribution < 1.29 is 0 Å². The molecule has 0 spiro atoms. The minimum Gasteiger partial charge on any atom is -0.354 e. The van der Waals surface area contributed by atoms with Crippen molar-refractivity contribution in [3.63, 3.8) is 0 Å². The molecule has 0 atom stereocenters. The summed E-state index contributed by atoms with van der Waals surface area (Å²) in [5, 5.41) is 3.31. The average Bonchev–Trinajstić information content (AvgIpc) is 3.02. The Labute approximate surface area is 125 Å². The molecule has 0 bridgehead atoms. The van der Waals surface area contributed by atoms with Gasteiger partial charge in [0.1, 0.15) is 5.82 Å². The van der Waals surface area contributed by atoms with Crippen molar-refractivity contribution in [2.45, 2.75) is 26.2 Å². The maximum atomic E-state index is 4.54. The summed E-state index contributed by atoms with van der Waals surface area (Å²) in [7, 11) is 0. The van der Waals surface area contributed by atoms with Crippen molar-refractivity contribution >= 4 is 11.9 Å². The Morgan fingerprint density at radius 3 is 2.57 bits per heavy atom. The van der Waals surface area contributed by atoms with Crippen LogP contribution in [0, 0.1) is 6.92 Å². The van der Waals surface area contributed by atoms with E-state index < -0.39 is 0 Å². The SMILES string of the molecule is Cc1nc(NCCc2ccccc2)nc(N2CCCC2)n1. The van der Waals surface area contributed by atoms with Crippen LogP contribution >= 0.6 is 0 Å². The highest BCUT2D eigenvalue weighted by Gasteiger charge is 2.16. The molecule has 1 fully saturated rings. The predicted molar refractivity (Wildman–Crippen MR) is 84.6 cm³/mol. The number of aromatic nitrogens is 3. The summed E-state index contributed by atoms with van der Waals surface area (Å²) in [6.45, 7) is 4.84. The lowest BCUT2D eigenvalue weighted by molar-refractivity contribution is 0.854. The highest BCUT2D eigenvalue weighted by Crippen LogP contribution is 2.16. The lowest BCUT2D eigenvalue weighted by Gasteiger charge is -2.16. The number of hydrogen-bond acceptors (Lipinski definition) is 5. The van der Waals surface area contributed by atoms with Crippen molar-refractivity contribution in [1.82, 2.24) is 15.0 Å². The molecule has 1 N–H and O–H groups in total. The fourth-order valence-electron chi connectivity index (χ4n) is 2.57. The van der Waals surface area contributed by atoms with Crippen LogP contribution < -0.4 is 10.2 Å². The molecule has 0 amide bonds. The topological polar surface area (TPSA) is 53.9 Å². The first-order valence-corrected chi connectivity index (χ1v) is 7.57. The number of rotatable bonds is 5. The van der Waals surface area contributed by atoms with Gasteiger partial charge >= 0.3 is 0 Å². The first kappa shape index (κ1) is 13.8. The van der Waals surface area contributed by atoms with Gasteiger partial charge in [0.25, 0.3) is 0 Å². The number of hydrogen-bond donors (Lipinski definition) is 1. The quantitative estimate of drug-likeness (QED) is 0.913. The minimum atomic E-state index is 0.681. The second-order valence-corrected chi connectivity index (χ2v) is 5.36. The van der Waals surface area contributed by atoms with Crippen LogP contribution in [0.2, 0.25) is 0 Å². The van der Waals surface area contributed by atoms with Crippen molar-refractivity contribution in [3.8, 4) is 0 Å². The molecule has 1 saturated heterocycles. The first-order valence-electron chi connectivity index (χ1n) is 7.57. The molecular weight excluding hydrogens is 262 g/mol. The van der Waals surface area contributed by atoms with Crippen LogP contribution in [-0.2, 0) is 6.42 Å². The van der Waals surface area contributed by atoms with Gasteiger partial charge in [-0.3, -0.25) is 0 Å². The third kappa shape index (κ3) is 3.68. The second kappa shape index (κ2) is 6.52. The molecule has 2 aromatic rings. The number of aryl methyl sites for hydroxylation is 1. The van der Waals surface area contributed by atoms with E-state index >= 15 is 0 Å². The fraction of sp³-hybridized carbons (Fsp3) is 0.438. The lowest BCUT2D eigenvalue weighted by atomic mass is 10.1. The van der Waals surface area contributed by atoms with Gasteiger partial charge in [-0.1, -0.05) is 30.3 Å². The van der Waals surface area contributed by atoms with E-state index in [1.165, 1.54) is 18.4 Å². The molecule has 0 saturated carbocycles. The number of nitrogens with one attached hydrogen (secondary N) is 1. The van der Waals surface area contributed by atoms with E-state index in [4.69, 9.17) is 0 Å². The summed E-state index contributed by atoms with van der Waals surface area (Å²) in [6.07, 6.45) is 3.41. The highest BCUT2D eigenvalue weighted by molar-refractivity contribution is 5.38. The molecule has 3 rings (SSSR count). The van der Waals surface area contributed by atoms with Gasteiger partial charge in [0.15, 0.2) is 0 Å². The molecule has 0 radical (unpaired) electrons. The molecule has 1 aromatic heterocycles. The van der Waals surface area contributed by atoms with Gasteiger partial charge in [-0.25, -0.2) is 0 Å². The standard InChI is InChI=1S/C16H21N5/c1-13-18-15(17-10-9-14-7-3-2-4-8-14)20-16(19-13)21-11-5-6-12-21/h2-4,7-8H,5-6,9-12H2,1H3,(H,17,18,19,20). The van der Waals surface area contributed by atoms with Crippen molar-refractivity contribution in [1.29, 1.82) is 0 Å². The zero-order valence-electron chi connectivity index (χ0n) is 12.4. The maximum Gasteiger partial charge on any atom is 0.230 e. The molecule has 0 aliphatic carbocycles. The van der Waals surface area contributed by atoms with Gasteiger partial charge in [0.2, 0.25) is 11.9 Å². The molecule has 21 heavy (non-hydrogen) atoms. The zero-order chi connectivity index (χ0) is 14.5. The van der Waals surface area contributed by atoms with E-state index in [-0.39, 0.29) is 0 Å². The van der Waals surface area contributed by atoms with Crippen LogP contribution in [0.25, 0.3) is 0 Å². The number of benzene rings is 1. The molecule has 0 unspecified atom stereocenters. The number of nitrogens with zero attached hydrogens (tertiary/aromatic N) is 4. The Hall–Kier alpha value is -2.17. The van der Waals surface area contributed by atoms with Gasteiger partial charge in [-0.15, -0.1) is 0 Å². The third-order valence-electron chi connectivity index (χ3n) is 3.66. The van der Waals surface area contributed by atoms with Crippen LogP contribution in [0.15, 0.2) is 30.3 Å². The second-order valence-electron chi connectivity index (χ2n) is 5.36. The van der Waals surface area contributed by atoms with E-state index in [2.05, 4.69) is 49.4 Å². The zero-order valence-corrected chi connectivity index (χ0v) is 12.4. The Bertz CT molecular complexity index is 578. The number of anilines is 2. The van der Waals surface area contributed by atoms with Gasteiger partial charge in [0.05, 0.1) is 0 Å². The Morgan fingerprint density at radius 1 is 1.05 bits per heavy atom. The minimum absolute atomic E-state index is 0.681. The van der Waals surface area contributed by atoms with E-state index in [0.29, 0.717) is 5.95 Å². The van der Waals surface area contributed by atoms with E-state index in [0.717, 1.165) is 37.8 Å². The maximum absolute atomic E-state index is 4.54. The van der Waals surface area contributed by atoms with Gasteiger partial charge in [-0.2, -0.15) is 15.0 Å². The normalized spacial score (nSPS) is 14.4. The molecule has 110 valence electrons. The molecule has 1 aliphatic rings. The van der Waals surface area contributed by atoms with Gasteiger partial charge in [0, 0.05) is 19.6 Å².